The van der Waals surface area contributed by atoms with Gasteiger partial charge in [0, 0.05) is 30.1 Å². The molecule has 0 aliphatic heterocycles. The number of hydrogen-bond acceptors (Lipinski definition) is 7. The Bertz CT molecular complexity index is 876. The first kappa shape index (κ1) is 19.4. The highest BCUT2D eigenvalue weighted by molar-refractivity contribution is 6.12. The smallest absolute Gasteiger partial charge is 0.302 e. The van der Waals surface area contributed by atoms with E-state index in [9.17, 15) is 29.7 Å². The van der Waals surface area contributed by atoms with Gasteiger partial charge in [0.2, 0.25) is 0 Å². The van der Waals surface area contributed by atoms with E-state index in [1.807, 2.05) is 13.8 Å². The fraction of sp³-hybridized carbons (Fsp3) is 0.773. The van der Waals surface area contributed by atoms with Crippen LogP contribution in [0.4, 0.5) is 0 Å². The van der Waals surface area contributed by atoms with Gasteiger partial charge in [0.1, 0.15) is 11.5 Å². The van der Waals surface area contributed by atoms with Crippen molar-refractivity contribution in [3.8, 4) is 0 Å². The SMILES string of the molecule is C=C1C(=O)[C@]23[C@H](O)[C@H]1C[C@H](OC(C)=O)[C@H]2[C@]12CCCC(C)(C)[C@H]1C(=O)[C@]3(O)C2O. The monoisotopic (exact) mass is 404 g/mol. The number of ether oxygens (including phenoxy) is 1. The first-order chi connectivity index (χ1) is 13.4. The number of esters is 1. The molecule has 0 aromatic rings. The summed E-state index contributed by atoms with van der Waals surface area (Å²) in [4.78, 5) is 39.1. The number of rotatable bonds is 1. The summed E-state index contributed by atoms with van der Waals surface area (Å²) in [7, 11) is 0. The minimum atomic E-state index is -2.41. The third-order valence-electron chi connectivity index (χ3n) is 9.13. The Kier molecular flexibility index (Phi) is 3.47. The largest absolute Gasteiger partial charge is 0.462 e. The number of Topliss-reactive ketones (excluding diaryl/α,β-unsaturated/α-hetero) is 2. The number of aliphatic hydroxyl groups excluding tert-OH is 2. The Morgan fingerprint density at radius 3 is 2.48 bits per heavy atom. The van der Waals surface area contributed by atoms with E-state index >= 15 is 0 Å². The van der Waals surface area contributed by atoms with Crippen LogP contribution in [0.2, 0.25) is 0 Å². The molecule has 5 rings (SSSR count). The van der Waals surface area contributed by atoms with Gasteiger partial charge in [0.15, 0.2) is 17.2 Å². The quantitative estimate of drug-likeness (QED) is 0.431. The zero-order chi connectivity index (χ0) is 21.3. The van der Waals surface area contributed by atoms with Crippen molar-refractivity contribution in [3.63, 3.8) is 0 Å². The normalized spacial score (nSPS) is 54.3. The molecule has 2 spiro atoms. The lowest BCUT2D eigenvalue weighted by Crippen LogP contribution is -2.71. The topological polar surface area (TPSA) is 121 Å². The molecule has 0 saturated heterocycles. The lowest BCUT2D eigenvalue weighted by Gasteiger charge is -2.59. The lowest BCUT2D eigenvalue weighted by atomic mass is 9.44. The summed E-state index contributed by atoms with van der Waals surface area (Å²) in [6.07, 6.45) is -1.54. The molecule has 29 heavy (non-hydrogen) atoms. The highest BCUT2D eigenvalue weighted by Gasteiger charge is 2.93. The van der Waals surface area contributed by atoms with Gasteiger partial charge in [-0.25, -0.2) is 0 Å². The first-order valence-electron chi connectivity index (χ1n) is 10.4. The Morgan fingerprint density at radius 2 is 1.86 bits per heavy atom. The molecule has 5 saturated carbocycles. The molecule has 3 N–H and O–H groups in total. The van der Waals surface area contributed by atoms with Crippen molar-refractivity contribution in [1.29, 1.82) is 0 Å². The van der Waals surface area contributed by atoms with Crippen LogP contribution in [-0.4, -0.2) is 56.8 Å². The number of carbonyl (C=O) groups is 3. The Morgan fingerprint density at radius 1 is 1.21 bits per heavy atom. The Hall–Kier alpha value is -1.57. The van der Waals surface area contributed by atoms with Crippen LogP contribution in [-0.2, 0) is 19.1 Å². The van der Waals surface area contributed by atoms with E-state index in [0.29, 0.717) is 12.8 Å². The number of hydrogen-bond donors (Lipinski definition) is 3. The van der Waals surface area contributed by atoms with Gasteiger partial charge >= 0.3 is 5.97 Å². The number of ketones is 2. The molecule has 7 heteroatoms. The molecule has 4 bridgehead atoms. The minimum Gasteiger partial charge on any atom is -0.462 e. The molecule has 0 aromatic heterocycles. The predicted molar refractivity (Wildman–Crippen MR) is 99.3 cm³/mol. The van der Waals surface area contributed by atoms with Crippen LogP contribution in [0.5, 0.6) is 0 Å². The predicted octanol–water partition coefficient (Wildman–Crippen LogP) is 0.541. The van der Waals surface area contributed by atoms with Gasteiger partial charge in [-0.05, 0) is 30.3 Å². The fourth-order valence-electron chi connectivity index (χ4n) is 8.53. The second-order valence-electron chi connectivity index (χ2n) is 10.6. The van der Waals surface area contributed by atoms with E-state index in [1.54, 1.807) is 0 Å². The zero-order valence-electron chi connectivity index (χ0n) is 17.0. The summed E-state index contributed by atoms with van der Waals surface area (Å²) in [5, 5.41) is 34.6. The van der Waals surface area contributed by atoms with Crippen LogP contribution in [0.3, 0.4) is 0 Å². The minimum absolute atomic E-state index is 0.140. The van der Waals surface area contributed by atoms with E-state index in [0.717, 1.165) is 6.42 Å². The van der Waals surface area contributed by atoms with Crippen LogP contribution in [0.1, 0.15) is 46.5 Å². The summed E-state index contributed by atoms with van der Waals surface area (Å²) in [6, 6.07) is 0. The van der Waals surface area contributed by atoms with E-state index in [4.69, 9.17) is 4.74 Å². The Labute approximate surface area is 169 Å². The van der Waals surface area contributed by atoms with Crippen LogP contribution in [0.25, 0.3) is 0 Å². The number of carbonyl (C=O) groups excluding carboxylic acids is 3. The van der Waals surface area contributed by atoms with Gasteiger partial charge in [-0.15, -0.1) is 0 Å². The van der Waals surface area contributed by atoms with Crippen molar-refractivity contribution in [2.45, 2.75) is 70.4 Å². The number of aliphatic hydroxyl groups is 3. The second kappa shape index (κ2) is 5.18. The molecule has 1 unspecified atom stereocenters. The van der Waals surface area contributed by atoms with Crippen molar-refractivity contribution in [3.05, 3.63) is 12.2 Å². The van der Waals surface area contributed by atoms with E-state index < -0.39 is 75.4 Å². The highest BCUT2D eigenvalue weighted by atomic mass is 16.5. The van der Waals surface area contributed by atoms with Crippen molar-refractivity contribution in [1.82, 2.24) is 0 Å². The maximum atomic E-state index is 13.7. The van der Waals surface area contributed by atoms with Gasteiger partial charge in [0.25, 0.3) is 0 Å². The van der Waals surface area contributed by atoms with Crippen molar-refractivity contribution in [2.24, 2.45) is 34.0 Å². The maximum absolute atomic E-state index is 13.7. The van der Waals surface area contributed by atoms with Crippen molar-refractivity contribution in [2.75, 3.05) is 0 Å². The van der Waals surface area contributed by atoms with Crippen LogP contribution >= 0.6 is 0 Å². The molecule has 9 atom stereocenters. The van der Waals surface area contributed by atoms with Crippen LogP contribution in [0, 0.1) is 34.0 Å². The standard InChI is InChI=1S/C22H28O7/c1-9-11-8-12(29-10(2)23)13-20-7-5-6-19(3,4)14(20)17(26)22(28,18(20)27)21(13,15(9)24)16(11)25/h11-14,16,18,25,27-28H,1,5-8H2,2-4H3/t11-,12-,13-,14+,16+,18?,20+,21-,22-/m0/s1. The Balaban J connectivity index is 1.84. The van der Waals surface area contributed by atoms with Crippen molar-refractivity contribution < 1.29 is 34.4 Å². The fourth-order valence-corrected chi connectivity index (χ4v) is 8.53. The van der Waals surface area contributed by atoms with Gasteiger partial charge in [-0.1, -0.05) is 26.8 Å². The van der Waals surface area contributed by atoms with Crippen molar-refractivity contribution >= 4 is 17.5 Å². The molecule has 0 amide bonds. The number of fused-ring (bicyclic) bond motifs is 2. The molecule has 5 fully saturated rings. The molecular weight excluding hydrogens is 376 g/mol. The van der Waals surface area contributed by atoms with Gasteiger partial charge in [-0.3, -0.25) is 14.4 Å². The second-order valence-corrected chi connectivity index (χ2v) is 10.6. The average Bonchev–Trinajstić information content (AvgIpc) is 2.95. The van der Waals surface area contributed by atoms with Gasteiger partial charge in [0.05, 0.1) is 12.2 Å². The van der Waals surface area contributed by atoms with Crippen LogP contribution < -0.4 is 0 Å². The molecule has 0 heterocycles. The average molecular weight is 404 g/mol. The summed E-state index contributed by atoms with van der Waals surface area (Å²) < 4.78 is 5.64. The first-order valence-corrected chi connectivity index (χ1v) is 10.4. The van der Waals surface area contributed by atoms with Gasteiger partial charge in [-0.2, -0.15) is 0 Å². The highest BCUT2D eigenvalue weighted by Crippen LogP contribution is 2.80. The molecule has 0 aromatic carbocycles. The van der Waals surface area contributed by atoms with E-state index in [-0.39, 0.29) is 12.0 Å². The molecule has 5 aliphatic carbocycles. The van der Waals surface area contributed by atoms with Crippen LogP contribution in [0.15, 0.2) is 12.2 Å². The third kappa shape index (κ3) is 1.66. The zero-order valence-corrected chi connectivity index (χ0v) is 17.0. The maximum Gasteiger partial charge on any atom is 0.302 e. The summed E-state index contributed by atoms with van der Waals surface area (Å²) in [5.74, 6) is -3.88. The molecular formula is C22H28O7. The molecule has 0 radical (unpaired) electrons. The van der Waals surface area contributed by atoms with E-state index in [2.05, 4.69) is 6.58 Å². The third-order valence-corrected chi connectivity index (χ3v) is 9.13. The molecule has 5 aliphatic rings. The molecule has 7 nitrogen and oxygen atoms in total. The van der Waals surface area contributed by atoms with Gasteiger partial charge < -0.3 is 20.1 Å². The molecule has 158 valence electrons. The lowest BCUT2D eigenvalue weighted by molar-refractivity contribution is -0.222. The summed E-state index contributed by atoms with van der Waals surface area (Å²) in [5.41, 5.74) is -5.80. The van der Waals surface area contributed by atoms with E-state index in [1.165, 1.54) is 6.92 Å². The summed E-state index contributed by atoms with van der Waals surface area (Å²) in [6.45, 7) is 9.00. The summed E-state index contributed by atoms with van der Waals surface area (Å²) >= 11 is 0.